The lowest BCUT2D eigenvalue weighted by molar-refractivity contribution is 0.0118. The van der Waals surface area contributed by atoms with Crippen LogP contribution in [0.5, 0.6) is 0 Å². The lowest BCUT2D eigenvalue weighted by Crippen LogP contribution is -2.49. The minimum absolute atomic E-state index is 0.0158. The van der Waals surface area contributed by atoms with Crippen LogP contribution in [0.4, 0.5) is 14.5 Å². The molecule has 0 amide bonds. The topological polar surface area (TPSA) is 75.0 Å². The summed E-state index contributed by atoms with van der Waals surface area (Å²) >= 11 is 0. The first-order chi connectivity index (χ1) is 15.4. The van der Waals surface area contributed by atoms with Crippen molar-refractivity contribution in [1.29, 1.82) is 0 Å². The second-order valence-electron chi connectivity index (χ2n) is 9.03. The SMILES string of the molecule is O=C(O)c1cn(C2CC2)c2c(F)c(N3CCOC(CN4CCCCC4)C3)c(F)cc2c1=O. The molecule has 1 saturated carbocycles. The standard InChI is InChI=1S/C23H27F2N3O4/c24-18-10-16-20(28(14-4-5-14)13-17(22(16)29)23(30)31)19(25)21(18)27-8-9-32-15(12-27)11-26-6-2-1-3-7-26/h10,13-15H,1-9,11-12H2,(H,30,31). The average molecular weight is 447 g/mol. The van der Waals surface area contributed by atoms with E-state index in [0.29, 0.717) is 19.7 Å². The van der Waals surface area contributed by atoms with Crippen molar-refractivity contribution in [3.05, 3.63) is 39.7 Å². The molecule has 7 nitrogen and oxygen atoms in total. The van der Waals surface area contributed by atoms with E-state index in [2.05, 4.69) is 4.90 Å². The number of aromatic nitrogens is 1. The number of hydrogen-bond acceptors (Lipinski definition) is 5. The number of fused-ring (bicyclic) bond motifs is 1. The van der Waals surface area contributed by atoms with Gasteiger partial charge in [-0.05, 0) is 44.8 Å². The number of morpholine rings is 1. The quantitative estimate of drug-likeness (QED) is 0.760. The Hall–Kier alpha value is -2.52. The molecule has 2 aromatic rings. The summed E-state index contributed by atoms with van der Waals surface area (Å²) in [4.78, 5) is 28.2. The van der Waals surface area contributed by atoms with Crippen LogP contribution < -0.4 is 10.3 Å². The van der Waals surface area contributed by atoms with Crippen LogP contribution in [0.2, 0.25) is 0 Å². The van der Waals surface area contributed by atoms with Crippen molar-refractivity contribution in [3.8, 4) is 0 Å². The molecule has 1 atom stereocenters. The maximum atomic E-state index is 15.8. The van der Waals surface area contributed by atoms with Crippen LogP contribution in [0.15, 0.2) is 17.1 Å². The van der Waals surface area contributed by atoms with Crippen molar-refractivity contribution in [1.82, 2.24) is 9.47 Å². The second kappa shape index (κ2) is 8.44. The van der Waals surface area contributed by atoms with E-state index in [9.17, 15) is 14.7 Å². The molecular formula is C23H27F2N3O4. The molecule has 3 aliphatic rings. The van der Waals surface area contributed by atoms with Gasteiger partial charge in [-0.15, -0.1) is 0 Å². The zero-order chi connectivity index (χ0) is 22.4. The molecule has 2 saturated heterocycles. The van der Waals surface area contributed by atoms with Crippen molar-refractivity contribution in [2.24, 2.45) is 0 Å². The van der Waals surface area contributed by atoms with Crippen LogP contribution in [0, 0.1) is 11.6 Å². The third-order valence-electron chi connectivity index (χ3n) is 6.72. The molecule has 2 aliphatic heterocycles. The fraction of sp³-hybridized carbons (Fsp3) is 0.565. The predicted molar refractivity (Wildman–Crippen MR) is 116 cm³/mol. The summed E-state index contributed by atoms with van der Waals surface area (Å²) in [5.41, 5.74) is -1.51. The third-order valence-corrected chi connectivity index (χ3v) is 6.72. The highest BCUT2D eigenvalue weighted by molar-refractivity contribution is 5.94. The number of benzene rings is 1. The fourth-order valence-electron chi connectivity index (χ4n) is 4.98. The van der Waals surface area contributed by atoms with Gasteiger partial charge in [-0.1, -0.05) is 6.42 Å². The molecule has 5 rings (SSSR count). The lowest BCUT2D eigenvalue weighted by Gasteiger charge is -2.38. The van der Waals surface area contributed by atoms with Crippen molar-refractivity contribution in [2.45, 2.75) is 44.2 Å². The van der Waals surface area contributed by atoms with Crippen molar-refractivity contribution in [3.63, 3.8) is 0 Å². The first-order valence-electron chi connectivity index (χ1n) is 11.3. The van der Waals surface area contributed by atoms with Gasteiger partial charge in [-0.2, -0.15) is 0 Å². The van der Waals surface area contributed by atoms with E-state index in [-0.39, 0.29) is 28.7 Å². The number of carboxylic acid groups (broad SMARTS) is 1. The summed E-state index contributed by atoms with van der Waals surface area (Å²) < 4.78 is 38.4. The molecule has 172 valence electrons. The highest BCUT2D eigenvalue weighted by atomic mass is 19.1. The van der Waals surface area contributed by atoms with Crippen LogP contribution in [0.25, 0.3) is 10.9 Å². The number of hydrogen-bond donors (Lipinski definition) is 1. The Morgan fingerprint density at radius 2 is 1.91 bits per heavy atom. The van der Waals surface area contributed by atoms with E-state index < -0.39 is 28.6 Å². The van der Waals surface area contributed by atoms with E-state index in [1.807, 2.05) is 0 Å². The molecule has 1 aromatic heterocycles. The summed E-state index contributed by atoms with van der Waals surface area (Å²) in [6, 6.07) is 0.914. The summed E-state index contributed by atoms with van der Waals surface area (Å²) in [6.45, 7) is 3.81. The van der Waals surface area contributed by atoms with E-state index in [1.165, 1.54) is 17.2 Å². The summed E-state index contributed by atoms with van der Waals surface area (Å²) in [6.07, 6.45) is 6.11. The van der Waals surface area contributed by atoms with Gasteiger partial charge in [0.1, 0.15) is 17.1 Å². The van der Waals surface area contributed by atoms with Crippen molar-refractivity contribution < 1.29 is 23.4 Å². The molecule has 3 heterocycles. The Bertz CT molecular complexity index is 1110. The Morgan fingerprint density at radius 3 is 2.59 bits per heavy atom. The molecule has 0 spiro atoms. The van der Waals surface area contributed by atoms with Gasteiger partial charge in [0.25, 0.3) is 0 Å². The van der Waals surface area contributed by atoms with Gasteiger partial charge in [0, 0.05) is 31.9 Å². The fourth-order valence-corrected chi connectivity index (χ4v) is 4.98. The average Bonchev–Trinajstić information content (AvgIpc) is 3.60. The zero-order valence-electron chi connectivity index (χ0n) is 17.9. The van der Waals surface area contributed by atoms with E-state index in [0.717, 1.165) is 51.4 Å². The first kappa shape index (κ1) is 21.3. The van der Waals surface area contributed by atoms with Gasteiger partial charge in [0.2, 0.25) is 5.43 Å². The Labute approximate surface area is 184 Å². The van der Waals surface area contributed by atoms with Gasteiger partial charge < -0.3 is 24.2 Å². The number of pyridine rings is 1. The highest BCUT2D eigenvalue weighted by Gasteiger charge is 2.32. The molecule has 1 aliphatic carbocycles. The molecular weight excluding hydrogens is 420 g/mol. The number of piperidine rings is 1. The van der Waals surface area contributed by atoms with Crippen molar-refractivity contribution in [2.75, 3.05) is 44.2 Å². The largest absolute Gasteiger partial charge is 0.477 e. The summed E-state index contributed by atoms with van der Waals surface area (Å²) in [5.74, 6) is -3.06. The van der Waals surface area contributed by atoms with Crippen LogP contribution in [0.1, 0.15) is 48.5 Å². The normalized spacial score (nSPS) is 22.4. The van der Waals surface area contributed by atoms with Crippen LogP contribution in [-0.2, 0) is 4.74 Å². The molecule has 9 heteroatoms. The Balaban J connectivity index is 1.53. The van der Waals surface area contributed by atoms with Gasteiger partial charge in [0.05, 0.1) is 23.6 Å². The number of aromatic carboxylic acids is 1. The molecule has 3 fully saturated rings. The lowest BCUT2D eigenvalue weighted by atomic mass is 10.1. The molecule has 0 bridgehead atoms. The number of halogens is 2. The number of nitrogens with zero attached hydrogens (tertiary/aromatic N) is 3. The minimum Gasteiger partial charge on any atom is -0.477 e. The van der Waals surface area contributed by atoms with Gasteiger partial charge in [-0.3, -0.25) is 4.79 Å². The highest BCUT2D eigenvalue weighted by Crippen LogP contribution is 2.39. The number of rotatable bonds is 5. The number of carboxylic acids is 1. The van der Waals surface area contributed by atoms with E-state index in [4.69, 9.17) is 4.74 Å². The van der Waals surface area contributed by atoms with E-state index in [1.54, 1.807) is 4.90 Å². The van der Waals surface area contributed by atoms with Gasteiger partial charge in [-0.25, -0.2) is 13.6 Å². The zero-order valence-corrected chi connectivity index (χ0v) is 17.9. The Kier molecular flexibility index (Phi) is 5.63. The maximum Gasteiger partial charge on any atom is 0.341 e. The molecule has 32 heavy (non-hydrogen) atoms. The summed E-state index contributed by atoms with van der Waals surface area (Å²) in [7, 11) is 0. The molecule has 1 unspecified atom stereocenters. The van der Waals surface area contributed by atoms with Crippen LogP contribution >= 0.6 is 0 Å². The van der Waals surface area contributed by atoms with Crippen molar-refractivity contribution >= 4 is 22.6 Å². The monoisotopic (exact) mass is 447 g/mol. The summed E-state index contributed by atoms with van der Waals surface area (Å²) in [5, 5.41) is 9.16. The first-order valence-corrected chi connectivity index (χ1v) is 11.3. The second-order valence-corrected chi connectivity index (χ2v) is 9.03. The van der Waals surface area contributed by atoms with E-state index >= 15 is 8.78 Å². The predicted octanol–water partition coefficient (Wildman–Crippen LogP) is 3.00. The molecule has 0 radical (unpaired) electrons. The third kappa shape index (κ3) is 3.88. The van der Waals surface area contributed by atoms with Crippen LogP contribution in [-0.4, -0.2) is 66.0 Å². The maximum absolute atomic E-state index is 15.8. The number of ether oxygens (including phenoxy) is 1. The number of anilines is 1. The Morgan fingerprint density at radius 1 is 1.16 bits per heavy atom. The molecule has 1 aromatic carbocycles. The van der Waals surface area contributed by atoms with Crippen LogP contribution in [0.3, 0.4) is 0 Å². The smallest absolute Gasteiger partial charge is 0.341 e. The molecule has 1 N–H and O–H groups in total. The number of carbonyl (C=O) groups is 1. The van der Waals surface area contributed by atoms with Gasteiger partial charge in [0.15, 0.2) is 5.82 Å². The minimum atomic E-state index is -1.40. The van der Waals surface area contributed by atoms with Gasteiger partial charge >= 0.3 is 5.97 Å². The number of likely N-dealkylation sites (tertiary alicyclic amines) is 1.